The number of carbonyl (C=O) groups excluding carboxylic acids is 1. The first kappa shape index (κ1) is 49.8. The van der Waals surface area contributed by atoms with Crippen molar-refractivity contribution in [1.29, 1.82) is 0 Å². The number of halogens is 2. The molecule has 0 radical (unpaired) electrons. The van der Waals surface area contributed by atoms with Gasteiger partial charge in [0.1, 0.15) is 6.29 Å². The normalized spacial score (nSPS) is 12.9. The Labute approximate surface area is 360 Å². The van der Waals surface area contributed by atoms with Gasteiger partial charge in [-0.3, -0.25) is 39.4 Å². The number of nitrogens with zero attached hydrogens (tertiary/aromatic N) is 6. The first-order valence-electron chi connectivity index (χ1n) is 19.3. The molecule has 4 heterocycles. The number of aromatic nitrogens is 6. The second-order valence-electron chi connectivity index (χ2n) is 13.0. The lowest BCUT2D eigenvalue weighted by Gasteiger charge is -2.24. The lowest BCUT2D eigenvalue weighted by atomic mass is 10.0. The molecule has 2 atom stereocenters. The highest BCUT2D eigenvalue weighted by Gasteiger charge is 2.11. The Kier molecular flexibility index (Phi) is 26.2. The lowest BCUT2D eigenvalue weighted by molar-refractivity contribution is 0.112. The molecule has 0 amide bonds. The molecule has 0 saturated carbocycles. The van der Waals surface area contributed by atoms with Crippen molar-refractivity contribution in [3.63, 3.8) is 0 Å². The highest BCUT2D eigenvalue weighted by molar-refractivity contribution is 5.85. The van der Waals surface area contributed by atoms with E-state index in [2.05, 4.69) is 70.9 Å². The Hall–Kier alpha value is -6.37. The predicted octanol–water partition coefficient (Wildman–Crippen LogP) is 8.68. The molecule has 12 heteroatoms. The molecular weight excluding hydrogens is 775 g/mol. The third-order valence-electron chi connectivity index (χ3n) is 8.41. The molecular formula is C48H56ClFN8O2. The minimum absolute atomic E-state index is 0. The van der Waals surface area contributed by atoms with Gasteiger partial charge < -0.3 is 15.7 Å². The van der Waals surface area contributed by atoms with Crippen LogP contribution in [-0.4, -0.2) is 67.0 Å². The predicted molar refractivity (Wildman–Crippen MR) is 244 cm³/mol. The van der Waals surface area contributed by atoms with Crippen molar-refractivity contribution in [3.8, 4) is 0 Å². The fourth-order valence-corrected chi connectivity index (χ4v) is 5.38. The van der Waals surface area contributed by atoms with Crippen LogP contribution in [0.25, 0.3) is 12.2 Å². The summed E-state index contributed by atoms with van der Waals surface area (Å²) >= 11 is 0. The van der Waals surface area contributed by atoms with Crippen LogP contribution < -0.4 is 10.6 Å². The summed E-state index contributed by atoms with van der Waals surface area (Å²) in [6.45, 7) is 5.25. The van der Waals surface area contributed by atoms with Crippen LogP contribution in [0.3, 0.4) is 0 Å². The number of benzene rings is 4. The standard InChI is InChI=1S/C12H12N2O.C12H18N2.C12H10N2.C7H6O.C5H6N2.ClH.FH.H2/c15-12(10-4-2-1-3-5-10)8-11-9-13-6-7-14-11;2*1-2-4-11(5-3-1)6-7-12-10-13-8-9-14-12;8-6-7-4-2-1-3-5-7;1-5-4-6-2-3-7-5;;;/h1-7,9,12,15H,8H2;1-5,12-14H,6-10H2;1-10H;1-6H;2-4H,1H3;3*1H/b;;7-6+;;;;;/i;;;;;;;1+2. The Morgan fingerprint density at radius 2 is 1.25 bits per heavy atom. The Bertz CT molecular complexity index is 2040. The molecule has 7 aromatic rings. The molecule has 1 aliphatic rings. The highest BCUT2D eigenvalue weighted by Crippen LogP contribution is 2.16. The number of aliphatic hydroxyl groups is 1. The van der Waals surface area contributed by atoms with Gasteiger partial charge >= 0.3 is 0 Å². The van der Waals surface area contributed by atoms with Crippen LogP contribution in [0.1, 0.15) is 58.1 Å². The van der Waals surface area contributed by atoms with E-state index in [1.807, 2.05) is 97.9 Å². The van der Waals surface area contributed by atoms with Crippen molar-refractivity contribution in [2.75, 3.05) is 19.6 Å². The third-order valence-corrected chi connectivity index (χ3v) is 8.41. The zero-order valence-corrected chi connectivity index (χ0v) is 34.5. The highest BCUT2D eigenvalue weighted by atomic mass is 35.5. The van der Waals surface area contributed by atoms with Crippen LogP contribution in [0.4, 0.5) is 4.70 Å². The summed E-state index contributed by atoms with van der Waals surface area (Å²) in [6, 6.07) is 40.1. The first-order valence-corrected chi connectivity index (χ1v) is 19.3. The molecule has 3 aromatic heterocycles. The van der Waals surface area contributed by atoms with Gasteiger partial charge in [-0.25, -0.2) is 0 Å². The minimum Gasteiger partial charge on any atom is -0.388 e. The van der Waals surface area contributed by atoms with Crippen molar-refractivity contribution < 1.29 is 16.0 Å². The summed E-state index contributed by atoms with van der Waals surface area (Å²) in [5.41, 5.74) is 6.88. The van der Waals surface area contributed by atoms with Gasteiger partial charge in [0.15, 0.2) is 0 Å². The van der Waals surface area contributed by atoms with Gasteiger partial charge in [0.2, 0.25) is 0 Å². The number of carbonyl (C=O) groups is 1. The quantitative estimate of drug-likeness (QED) is 0.121. The zero-order valence-electron chi connectivity index (χ0n) is 33.7. The number of hydrogen-bond acceptors (Lipinski definition) is 10. The summed E-state index contributed by atoms with van der Waals surface area (Å²) in [5.74, 6) is 0. The number of nitrogens with one attached hydrogen (secondary N) is 2. The molecule has 0 spiro atoms. The van der Waals surface area contributed by atoms with Crippen molar-refractivity contribution in [2.24, 2.45) is 0 Å². The number of aldehydes is 1. The third kappa shape index (κ3) is 22.0. The van der Waals surface area contributed by atoms with E-state index in [0.29, 0.717) is 12.5 Å². The molecule has 1 fully saturated rings. The Morgan fingerprint density at radius 1 is 0.683 bits per heavy atom. The van der Waals surface area contributed by atoms with Crippen LogP contribution in [0.5, 0.6) is 0 Å². The van der Waals surface area contributed by atoms with E-state index in [1.165, 1.54) is 18.4 Å². The molecule has 1 aliphatic heterocycles. The topological polar surface area (TPSA) is 139 Å². The van der Waals surface area contributed by atoms with Crippen LogP contribution in [0, 0.1) is 6.92 Å². The maximum absolute atomic E-state index is 10.0. The van der Waals surface area contributed by atoms with Crippen LogP contribution in [0.15, 0.2) is 177 Å². The summed E-state index contributed by atoms with van der Waals surface area (Å²) < 4.78 is 0. The summed E-state index contributed by atoms with van der Waals surface area (Å²) in [6.07, 6.45) is 22.3. The van der Waals surface area contributed by atoms with Crippen molar-refractivity contribution in [2.45, 2.75) is 38.3 Å². The van der Waals surface area contributed by atoms with Crippen molar-refractivity contribution >= 4 is 30.8 Å². The summed E-state index contributed by atoms with van der Waals surface area (Å²) in [7, 11) is 0. The maximum atomic E-state index is 10.0. The van der Waals surface area contributed by atoms with Crippen LogP contribution >= 0.6 is 12.4 Å². The smallest absolute Gasteiger partial charge is 0.150 e. The molecule has 1 saturated heterocycles. The fourth-order valence-electron chi connectivity index (χ4n) is 5.38. The van der Waals surface area contributed by atoms with E-state index >= 15 is 0 Å². The van der Waals surface area contributed by atoms with Gasteiger partial charge in [-0.1, -0.05) is 127 Å². The zero-order chi connectivity index (χ0) is 40.7. The molecule has 4 aromatic carbocycles. The van der Waals surface area contributed by atoms with E-state index in [1.54, 1.807) is 67.9 Å². The largest absolute Gasteiger partial charge is 0.388 e. The van der Waals surface area contributed by atoms with Crippen LogP contribution in [0.2, 0.25) is 0 Å². The number of hydrogen-bond donors (Lipinski definition) is 3. The molecule has 3 N–H and O–H groups in total. The molecule has 2 unspecified atom stereocenters. The monoisotopic (exact) mass is 832 g/mol. The molecule has 0 aliphatic carbocycles. The van der Waals surface area contributed by atoms with Gasteiger partial charge in [-0.05, 0) is 42.5 Å². The second kappa shape index (κ2) is 31.6. The van der Waals surface area contributed by atoms with Gasteiger partial charge in [-0.2, -0.15) is 0 Å². The van der Waals surface area contributed by atoms with Gasteiger partial charge in [0.25, 0.3) is 0 Å². The lowest BCUT2D eigenvalue weighted by Crippen LogP contribution is -2.48. The molecule has 0 bridgehead atoms. The van der Waals surface area contributed by atoms with E-state index < -0.39 is 6.10 Å². The van der Waals surface area contributed by atoms with Gasteiger partial charge in [0.05, 0.1) is 29.4 Å². The average Bonchev–Trinajstić information content (AvgIpc) is 3.31. The van der Waals surface area contributed by atoms with Crippen LogP contribution in [-0.2, 0) is 12.8 Å². The Morgan fingerprint density at radius 3 is 1.73 bits per heavy atom. The van der Waals surface area contributed by atoms with E-state index in [4.69, 9.17) is 0 Å². The maximum Gasteiger partial charge on any atom is 0.150 e. The fraction of sp³-hybridized carbons (Fsp3) is 0.188. The average molecular weight is 833 g/mol. The van der Waals surface area contributed by atoms with E-state index in [0.717, 1.165) is 59.7 Å². The minimum atomic E-state index is -0.511. The second-order valence-corrected chi connectivity index (χ2v) is 13.0. The number of aryl methyl sites for hydroxylation is 2. The molecule has 8 rings (SSSR count). The molecule has 60 heavy (non-hydrogen) atoms. The van der Waals surface area contributed by atoms with E-state index in [9.17, 15) is 9.90 Å². The van der Waals surface area contributed by atoms with Gasteiger partial charge in [0, 0.05) is 88.7 Å². The number of rotatable bonds is 9. The van der Waals surface area contributed by atoms with Crippen molar-refractivity contribution in [1.82, 2.24) is 40.5 Å². The van der Waals surface area contributed by atoms with Gasteiger partial charge in [-0.15, -0.1) is 12.4 Å². The van der Waals surface area contributed by atoms with Crippen molar-refractivity contribution in [3.05, 3.63) is 216 Å². The van der Waals surface area contributed by atoms with E-state index in [-0.39, 0.29) is 18.5 Å². The number of piperazine rings is 1. The summed E-state index contributed by atoms with van der Waals surface area (Å²) in [5, 5.41) is 16.8. The SMILES string of the molecule is C(=C\c1cnccn1)/c1ccccc1.Cc1cnccn1.Cl.F.O=Cc1ccccc1.OC(Cc1cnccn1)c1ccccc1.[3HH].c1ccc(CCC2CNCCN2)cc1. The molecule has 10 nitrogen and oxygen atoms in total. The number of aliphatic hydroxyl groups excluding tert-OH is 1. The Balaban J connectivity index is 0.000000386. The molecule has 314 valence electrons. The summed E-state index contributed by atoms with van der Waals surface area (Å²) in [4.78, 5) is 34.0. The first-order chi connectivity index (χ1) is 28.6.